The number of cyclic esters (lactones) is 1. The Kier molecular flexibility index (Phi) is 6.00. The maximum absolute atomic E-state index is 13.0. The second-order valence-corrected chi connectivity index (χ2v) is 8.81. The number of nitrogens with zero attached hydrogens (tertiary/aromatic N) is 2. The topological polar surface area (TPSA) is 111 Å². The number of benzene rings is 1. The van der Waals surface area contributed by atoms with Crippen molar-refractivity contribution in [2.75, 3.05) is 6.61 Å². The van der Waals surface area contributed by atoms with Gasteiger partial charge in [0.1, 0.15) is 12.1 Å². The minimum absolute atomic E-state index is 0.198. The fourth-order valence-electron chi connectivity index (χ4n) is 3.91. The van der Waals surface area contributed by atoms with E-state index in [0.717, 1.165) is 22.3 Å². The average Bonchev–Trinajstić information content (AvgIpc) is 3.38. The Morgan fingerprint density at radius 2 is 1.70 bits per heavy atom. The van der Waals surface area contributed by atoms with E-state index in [1.807, 2.05) is 56.3 Å². The van der Waals surface area contributed by atoms with Crippen molar-refractivity contribution in [3.8, 4) is 22.3 Å². The molecule has 2 unspecified atom stereocenters. The largest absolute Gasteiger partial charge is 0.481 e. The number of aromatic nitrogens is 2. The highest BCUT2D eigenvalue weighted by atomic mass is 16.5. The summed E-state index contributed by atoms with van der Waals surface area (Å²) in [6.45, 7) is 3.83. The molecule has 33 heavy (non-hydrogen) atoms. The summed E-state index contributed by atoms with van der Waals surface area (Å²) in [4.78, 5) is 40.6. The van der Waals surface area contributed by atoms with Crippen molar-refractivity contribution in [2.45, 2.75) is 32.4 Å². The second kappa shape index (κ2) is 8.90. The molecule has 170 valence electrons. The molecule has 2 atom stereocenters. The number of esters is 1. The molecule has 2 aromatic heterocycles. The van der Waals surface area contributed by atoms with Crippen molar-refractivity contribution in [3.63, 3.8) is 0 Å². The Bertz CT molecular complexity index is 1170. The highest BCUT2D eigenvalue weighted by Gasteiger charge is 2.45. The van der Waals surface area contributed by atoms with Gasteiger partial charge >= 0.3 is 11.9 Å². The number of ether oxygens (including phenoxy) is 1. The zero-order chi connectivity index (χ0) is 23.6. The third-order valence-electron chi connectivity index (χ3n) is 5.87. The second-order valence-electron chi connectivity index (χ2n) is 8.81. The zero-order valence-electron chi connectivity index (χ0n) is 18.4. The van der Waals surface area contributed by atoms with E-state index in [1.165, 1.54) is 0 Å². The van der Waals surface area contributed by atoms with Crippen LogP contribution in [0.1, 0.15) is 26.3 Å². The number of carbonyl (C=O) groups excluding carboxylic acids is 2. The number of carboxylic acid groups (broad SMARTS) is 1. The van der Waals surface area contributed by atoms with Crippen LogP contribution in [-0.2, 0) is 19.1 Å². The fraction of sp³-hybridized carbons (Fsp3) is 0.280. The molecule has 0 bridgehead atoms. The number of hydrogen-bond donors (Lipinski definition) is 2. The third kappa shape index (κ3) is 4.79. The smallest absolute Gasteiger partial charge is 0.329 e. The van der Waals surface area contributed by atoms with Crippen molar-refractivity contribution >= 4 is 17.8 Å². The molecule has 1 amide bonds. The van der Waals surface area contributed by atoms with Crippen LogP contribution in [0.5, 0.6) is 0 Å². The predicted molar refractivity (Wildman–Crippen MR) is 121 cm³/mol. The minimum atomic E-state index is -1.11. The molecular formula is C25H25N3O5. The van der Waals surface area contributed by atoms with E-state index in [2.05, 4.69) is 10.3 Å². The first-order chi connectivity index (χ1) is 15.7. The standard InChI is InChI=1S/C25H25N3O5/c1-25(2)15-33-24(32)22(25)27-23(31)20(13-21(29)30)28-12-9-19(14-28)17-5-3-16(4-6-17)18-7-10-26-11-8-18/h3-12,14,20,22H,13,15H2,1-2H3,(H,27,31)(H,29,30). The first-order valence-electron chi connectivity index (χ1n) is 10.6. The van der Waals surface area contributed by atoms with E-state index in [1.54, 1.807) is 29.4 Å². The summed E-state index contributed by atoms with van der Waals surface area (Å²) in [5.41, 5.74) is 3.32. The summed E-state index contributed by atoms with van der Waals surface area (Å²) in [5.74, 6) is -2.16. The highest BCUT2D eigenvalue weighted by molar-refractivity contribution is 5.90. The van der Waals surface area contributed by atoms with Crippen molar-refractivity contribution < 1.29 is 24.2 Å². The number of nitrogens with one attached hydrogen (secondary N) is 1. The Morgan fingerprint density at radius 1 is 1.09 bits per heavy atom. The van der Waals surface area contributed by atoms with Crippen LogP contribution in [0.2, 0.25) is 0 Å². The highest BCUT2D eigenvalue weighted by Crippen LogP contribution is 2.30. The summed E-state index contributed by atoms with van der Waals surface area (Å²) in [6, 6.07) is 11.8. The summed E-state index contributed by atoms with van der Waals surface area (Å²) in [6.07, 6.45) is 6.49. The first kappa shape index (κ1) is 22.3. The number of hydrogen-bond acceptors (Lipinski definition) is 5. The van der Waals surface area contributed by atoms with Crippen LogP contribution in [0.3, 0.4) is 0 Å². The lowest BCUT2D eigenvalue weighted by Gasteiger charge is -2.25. The number of carbonyl (C=O) groups is 3. The first-order valence-corrected chi connectivity index (χ1v) is 10.6. The SMILES string of the molecule is CC1(C)COC(=O)C1NC(=O)C(CC(=O)O)n1ccc(-c2ccc(-c3ccncc3)cc2)c1. The lowest BCUT2D eigenvalue weighted by atomic mass is 9.87. The normalized spacial score (nSPS) is 17.9. The monoisotopic (exact) mass is 447 g/mol. The van der Waals surface area contributed by atoms with Crippen LogP contribution in [0.25, 0.3) is 22.3 Å². The number of aliphatic carboxylic acids is 1. The van der Waals surface area contributed by atoms with Crippen molar-refractivity contribution in [3.05, 3.63) is 67.3 Å². The van der Waals surface area contributed by atoms with Gasteiger partial charge in [0.25, 0.3) is 0 Å². The fourth-order valence-corrected chi connectivity index (χ4v) is 3.91. The molecule has 2 N–H and O–H groups in total. The zero-order valence-corrected chi connectivity index (χ0v) is 18.4. The Balaban J connectivity index is 1.55. The molecule has 4 rings (SSSR count). The van der Waals surface area contributed by atoms with Gasteiger partial charge < -0.3 is 19.7 Å². The minimum Gasteiger partial charge on any atom is -0.481 e. The van der Waals surface area contributed by atoms with E-state index < -0.39 is 41.8 Å². The van der Waals surface area contributed by atoms with Gasteiger partial charge in [-0.2, -0.15) is 0 Å². The van der Waals surface area contributed by atoms with E-state index in [9.17, 15) is 19.5 Å². The number of rotatable bonds is 7. The van der Waals surface area contributed by atoms with Gasteiger partial charge in [0.05, 0.1) is 13.0 Å². The van der Waals surface area contributed by atoms with E-state index in [0.29, 0.717) is 0 Å². The quantitative estimate of drug-likeness (QED) is 0.538. The van der Waals surface area contributed by atoms with Gasteiger partial charge in [-0.1, -0.05) is 38.1 Å². The molecule has 1 aromatic carbocycles. The van der Waals surface area contributed by atoms with Gasteiger partial charge in [-0.05, 0) is 40.5 Å². The number of amides is 1. The number of pyridine rings is 1. The van der Waals surface area contributed by atoms with Gasteiger partial charge in [-0.25, -0.2) is 4.79 Å². The maximum atomic E-state index is 13.0. The predicted octanol–water partition coefficient (Wildman–Crippen LogP) is 3.30. The van der Waals surface area contributed by atoms with Gasteiger partial charge in [-0.3, -0.25) is 14.6 Å². The molecule has 1 fully saturated rings. The molecule has 0 saturated carbocycles. The van der Waals surface area contributed by atoms with Gasteiger partial charge in [0.15, 0.2) is 0 Å². The van der Waals surface area contributed by atoms with Crippen LogP contribution in [0.15, 0.2) is 67.3 Å². The lowest BCUT2D eigenvalue weighted by molar-refractivity contribution is -0.143. The van der Waals surface area contributed by atoms with Gasteiger partial charge in [0, 0.05) is 30.2 Å². The molecule has 8 nitrogen and oxygen atoms in total. The van der Waals surface area contributed by atoms with Crippen LogP contribution in [-0.4, -0.2) is 45.2 Å². The molecular weight excluding hydrogens is 422 g/mol. The van der Waals surface area contributed by atoms with E-state index >= 15 is 0 Å². The summed E-state index contributed by atoms with van der Waals surface area (Å²) < 4.78 is 6.64. The summed E-state index contributed by atoms with van der Waals surface area (Å²) >= 11 is 0. The Hall–Kier alpha value is -3.94. The molecule has 8 heteroatoms. The van der Waals surface area contributed by atoms with Gasteiger partial charge in [-0.15, -0.1) is 0 Å². The summed E-state index contributed by atoms with van der Waals surface area (Å²) in [7, 11) is 0. The molecule has 3 aromatic rings. The Labute approximate surface area is 191 Å². The van der Waals surface area contributed by atoms with E-state index in [-0.39, 0.29) is 6.61 Å². The van der Waals surface area contributed by atoms with Crippen LogP contribution in [0, 0.1) is 5.41 Å². The Morgan fingerprint density at radius 3 is 2.27 bits per heavy atom. The molecule has 3 heterocycles. The molecule has 0 spiro atoms. The molecule has 1 aliphatic heterocycles. The van der Waals surface area contributed by atoms with Gasteiger partial charge in [0.2, 0.25) is 5.91 Å². The summed E-state index contributed by atoms with van der Waals surface area (Å²) in [5, 5.41) is 12.1. The molecule has 1 saturated heterocycles. The molecule has 1 aliphatic rings. The maximum Gasteiger partial charge on any atom is 0.329 e. The van der Waals surface area contributed by atoms with Crippen LogP contribution >= 0.6 is 0 Å². The van der Waals surface area contributed by atoms with Crippen LogP contribution in [0.4, 0.5) is 0 Å². The van der Waals surface area contributed by atoms with Crippen LogP contribution < -0.4 is 5.32 Å². The molecule has 0 radical (unpaired) electrons. The van der Waals surface area contributed by atoms with Crippen molar-refractivity contribution in [1.82, 2.24) is 14.9 Å². The van der Waals surface area contributed by atoms with Crippen molar-refractivity contribution in [1.29, 1.82) is 0 Å². The number of carboxylic acids is 1. The van der Waals surface area contributed by atoms with E-state index in [4.69, 9.17) is 4.74 Å². The third-order valence-corrected chi connectivity index (χ3v) is 5.87. The average molecular weight is 447 g/mol. The molecule has 0 aliphatic carbocycles. The lowest BCUT2D eigenvalue weighted by Crippen LogP contribution is -2.48. The van der Waals surface area contributed by atoms with Crippen molar-refractivity contribution in [2.24, 2.45) is 5.41 Å².